The molecule has 0 spiro atoms. The second-order valence-corrected chi connectivity index (χ2v) is 3.39. The second-order valence-electron chi connectivity index (χ2n) is 3.39. The van der Waals surface area contributed by atoms with Crippen molar-refractivity contribution in [3.63, 3.8) is 0 Å². The Morgan fingerprint density at radius 1 is 1.20 bits per heavy atom. The summed E-state index contributed by atoms with van der Waals surface area (Å²) in [5.41, 5.74) is 0. The van der Waals surface area contributed by atoms with E-state index in [-0.39, 0.29) is 6.10 Å². The molecular formula is C12H21LiO2. The minimum absolute atomic E-state index is 0.287. The normalized spacial score (nSPS) is 12.0. The molecule has 2 nitrogen and oxygen atoms in total. The Morgan fingerprint density at radius 3 is 2.60 bits per heavy atom. The zero-order chi connectivity index (χ0) is 11.4. The van der Waals surface area contributed by atoms with E-state index in [1.807, 2.05) is 6.92 Å². The third-order valence-corrected chi connectivity index (χ3v) is 2.03. The molecular weight excluding hydrogens is 183 g/mol. The minimum atomic E-state index is 0.287. The Morgan fingerprint density at radius 2 is 2.00 bits per heavy atom. The summed E-state index contributed by atoms with van der Waals surface area (Å²) in [4.78, 5) is 0. The fourth-order valence-electron chi connectivity index (χ4n) is 1.30. The molecule has 0 bridgehead atoms. The third kappa shape index (κ3) is 10.4. The van der Waals surface area contributed by atoms with Gasteiger partial charge in [0.05, 0.1) is 0 Å². The quantitative estimate of drug-likeness (QED) is 0.343. The van der Waals surface area contributed by atoms with E-state index in [1.165, 1.54) is 0 Å². The summed E-state index contributed by atoms with van der Waals surface area (Å²) in [7, 11) is 0. The molecule has 0 radical (unpaired) electrons. The molecule has 0 saturated heterocycles. The van der Waals surface area contributed by atoms with Crippen molar-refractivity contribution in [1.29, 1.82) is 0 Å². The molecule has 0 rings (SSSR count). The predicted molar refractivity (Wildman–Crippen MR) is 64.1 cm³/mol. The SMILES string of the molecule is [Li][CH2]CC(CC#CCC)OCCOCC. The van der Waals surface area contributed by atoms with E-state index in [2.05, 4.69) is 36.5 Å². The maximum absolute atomic E-state index is 5.70. The van der Waals surface area contributed by atoms with Crippen LogP contribution in [0.1, 0.15) is 33.1 Å². The molecule has 1 unspecified atom stereocenters. The van der Waals surface area contributed by atoms with Gasteiger partial charge in [0.2, 0.25) is 0 Å². The topological polar surface area (TPSA) is 18.5 Å². The van der Waals surface area contributed by atoms with Crippen LogP contribution in [0, 0.1) is 11.8 Å². The first-order valence-corrected chi connectivity index (χ1v) is 6.00. The van der Waals surface area contributed by atoms with E-state index in [0.717, 1.165) is 31.0 Å². The molecule has 15 heavy (non-hydrogen) atoms. The van der Waals surface area contributed by atoms with Crippen LogP contribution in [-0.2, 0) is 9.47 Å². The van der Waals surface area contributed by atoms with E-state index in [9.17, 15) is 0 Å². The molecule has 0 aliphatic rings. The van der Waals surface area contributed by atoms with Gasteiger partial charge >= 0.3 is 103 Å². The molecule has 0 fully saturated rings. The zero-order valence-electron chi connectivity index (χ0n) is 10.3. The first-order chi connectivity index (χ1) is 7.35. The summed E-state index contributed by atoms with van der Waals surface area (Å²) in [5.74, 6) is 6.22. The van der Waals surface area contributed by atoms with Crippen LogP contribution in [0.5, 0.6) is 0 Å². The van der Waals surface area contributed by atoms with Crippen molar-refractivity contribution in [2.75, 3.05) is 19.8 Å². The van der Waals surface area contributed by atoms with Crippen LogP contribution in [0.3, 0.4) is 0 Å². The molecule has 0 aromatic rings. The van der Waals surface area contributed by atoms with Crippen LogP contribution in [0.4, 0.5) is 0 Å². The van der Waals surface area contributed by atoms with Crippen LogP contribution < -0.4 is 0 Å². The molecule has 0 heterocycles. The van der Waals surface area contributed by atoms with Crippen molar-refractivity contribution in [2.24, 2.45) is 0 Å². The van der Waals surface area contributed by atoms with Gasteiger partial charge in [-0.05, 0) is 0 Å². The number of hydrogen-bond donors (Lipinski definition) is 0. The number of hydrogen-bond acceptors (Lipinski definition) is 2. The zero-order valence-corrected chi connectivity index (χ0v) is 10.3. The Bertz CT molecular complexity index is 184. The van der Waals surface area contributed by atoms with Crippen molar-refractivity contribution in [1.82, 2.24) is 0 Å². The summed E-state index contributed by atoms with van der Waals surface area (Å²) in [6.45, 7) is 6.20. The van der Waals surface area contributed by atoms with E-state index in [1.54, 1.807) is 0 Å². The monoisotopic (exact) mass is 204 g/mol. The number of rotatable bonds is 8. The fourth-order valence-corrected chi connectivity index (χ4v) is 1.30. The molecule has 82 valence electrons. The summed E-state index contributed by atoms with van der Waals surface area (Å²) >= 11 is 2.17. The molecule has 3 heteroatoms. The van der Waals surface area contributed by atoms with Crippen molar-refractivity contribution in [2.45, 2.75) is 44.3 Å². The van der Waals surface area contributed by atoms with E-state index in [4.69, 9.17) is 9.47 Å². The molecule has 0 aliphatic heterocycles. The van der Waals surface area contributed by atoms with Crippen molar-refractivity contribution < 1.29 is 9.47 Å². The molecule has 0 amide bonds. The van der Waals surface area contributed by atoms with Crippen LogP contribution >= 0.6 is 0 Å². The molecule has 0 saturated carbocycles. The maximum atomic E-state index is 5.70. The standard InChI is InChI=1S/C12H21O2.Li/c1-4-7-8-9-12(5-2)14-11-10-13-6-3;/h12H,2,4-6,9-11H2,1,3H3;. The van der Waals surface area contributed by atoms with Crippen LogP contribution in [0.2, 0.25) is 5.09 Å². The van der Waals surface area contributed by atoms with Gasteiger partial charge in [0, 0.05) is 0 Å². The van der Waals surface area contributed by atoms with Crippen molar-refractivity contribution in [3.8, 4) is 11.8 Å². The van der Waals surface area contributed by atoms with Gasteiger partial charge in [0.25, 0.3) is 0 Å². The molecule has 0 aromatic heterocycles. The molecule has 1 atom stereocenters. The van der Waals surface area contributed by atoms with Crippen LogP contribution in [0.25, 0.3) is 0 Å². The molecule has 0 aromatic carbocycles. The first kappa shape index (κ1) is 15.1. The Kier molecular flexibility index (Phi) is 12.2. The van der Waals surface area contributed by atoms with Gasteiger partial charge in [-0.25, -0.2) is 0 Å². The third-order valence-electron chi connectivity index (χ3n) is 2.03. The van der Waals surface area contributed by atoms with Gasteiger partial charge in [-0.2, -0.15) is 0 Å². The average Bonchev–Trinajstić information content (AvgIpc) is 2.24. The second kappa shape index (κ2) is 12.1. The first-order valence-electron chi connectivity index (χ1n) is 6.00. The van der Waals surface area contributed by atoms with E-state index < -0.39 is 0 Å². The van der Waals surface area contributed by atoms with Crippen LogP contribution in [0.15, 0.2) is 0 Å². The van der Waals surface area contributed by atoms with Crippen molar-refractivity contribution in [3.05, 3.63) is 0 Å². The fraction of sp³-hybridized carbons (Fsp3) is 0.833. The molecule has 0 N–H and O–H groups in total. The Hall–Kier alpha value is 0.0774. The summed E-state index contributed by atoms with van der Waals surface area (Å²) in [5, 5.41) is 1.15. The van der Waals surface area contributed by atoms with Crippen LogP contribution in [-0.4, -0.2) is 43.6 Å². The van der Waals surface area contributed by atoms with Crippen molar-refractivity contribution >= 4 is 17.7 Å². The van der Waals surface area contributed by atoms with E-state index >= 15 is 0 Å². The average molecular weight is 204 g/mol. The summed E-state index contributed by atoms with van der Waals surface area (Å²) in [6.07, 6.45) is 3.16. The van der Waals surface area contributed by atoms with Gasteiger partial charge in [-0.3, -0.25) is 0 Å². The Labute approximate surface area is 103 Å². The summed E-state index contributed by atoms with van der Waals surface area (Å²) < 4.78 is 10.9. The van der Waals surface area contributed by atoms with E-state index in [0.29, 0.717) is 13.2 Å². The van der Waals surface area contributed by atoms with Gasteiger partial charge in [-0.1, -0.05) is 0 Å². The van der Waals surface area contributed by atoms with Gasteiger partial charge < -0.3 is 0 Å². The molecule has 0 aliphatic carbocycles. The Balaban J connectivity index is 3.62. The summed E-state index contributed by atoms with van der Waals surface area (Å²) in [6, 6.07) is 0. The van der Waals surface area contributed by atoms with Gasteiger partial charge in [-0.15, -0.1) is 0 Å². The van der Waals surface area contributed by atoms with Gasteiger partial charge in [0.15, 0.2) is 0 Å². The van der Waals surface area contributed by atoms with Gasteiger partial charge in [0.1, 0.15) is 0 Å². The predicted octanol–water partition coefficient (Wildman–Crippen LogP) is 2.19. The number of ether oxygens (including phenoxy) is 2.